The van der Waals surface area contributed by atoms with Crippen LogP contribution in [0.5, 0.6) is 0 Å². The number of carbonyl (C=O) groups excluding carboxylic acids is 1. The van der Waals surface area contributed by atoms with Gasteiger partial charge in [-0.05, 0) is 57.4 Å². The van der Waals surface area contributed by atoms with Gasteiger partial charge in [0.05, 0.1) is 6.10 Å². The minimum Gasteiger partial charge on any atom is -0.378 e. The Morgan fingerprint density at radius 1 is 1.33 bits per heavy atom. The second kappa shape index (κ2) is 8.15. The van der Waals surface area contributed by atoms with Gasteiger partial charge in [-0.25, -0.2) is 0 Å². The summed E-state index contributed by atoms with van der Waals surface area (Å²) in [7, 11) is 1.94. The Morgan fingerprint density at radius 2 is 2.10 bits per heavy atom. The molecule has 0 aliphatic carbocycles. The third kappa shape index (κ3) is 5.14. The molecule has 0 bridgehead atoms. The second-order valence-electron chi connectivity index (χ2n) is 5.71. The summed E-state index contributed by atoms with van der Waals surface area (Å²) in [6, 6.07) is 8.32. The predicted molar refractivity (Wildman–Crippen MR) is 85.4 cm³/mol. The lowest BCUT2D eigenvalue weighted by Crippen LogP contribution is -2.21. The maximum Gasteiger partial charge on any atom is 0.224 e. The van der Waals surface area contributed by atoms with Crippen LogP contribution in [0.2, 0.25) is 0 Å². The molecule has 0 aromatic heterocycles. The Bertz CT molecular complexity index is 439. The van der Waals surface area contributed by atoms with Crippen LogP contribution in [0.4, 0.5) is 5.69 Å². The number of nitrogens with one attached hydrogen (secondary N) is 2. The van der Waals surface area contributed by atoms with E-state index < -0.39 is 0 Å². The summed E-state index contributed by atoms with van der Waals surface area (Å²) in [5, 5.41) is 6.15. The van der Waals surface area contributed by atoms with Crippen molar-refractivity contribution in [3.8, 4) is 0 Å². The molecule has 2 atom stereocenters. The fourth-order valence-corrected chi connectivity index (χ4v) is 2.57. The monoisotopic (exact) mass is 290 g/mol. The van der Waals surface area contributed by atoms with Crippen molar-refractivity contribution in [2.45, 2.75) is 51.2 Å². The van der Waals surface area contributed by atoms with Gasteiger partial charge in [0.25, 0.3) is 0 Å². The quantitative estimate of drug-likeness (QED) is 0.845. The zero-order chi connectivity index (χ0) is 15.1. The van der Waals surface area contributed by atoms with E-state index in [4.69, 9.17) is 4.74 Å². The van der Waals surface area contributed by atoms with Gasteiger partial charge in [0.15, 0.2) is 0 Å². The van der Waals surface area contributed by atoms with Crippen molar-refractivity contribution in [1.82, 2.24) is 5.32 Å². The number of carbonyl (C=O) groups is 1. The zero-order valence-corrected chi connectivity index (χ0v) is 13.0. The van der Waals surface area contributed by atoms with Crippen molar-refractivity contribution in [2.24, 2.45) is 0 Å². The fraction of sp³-hybridized carbons (Fsp3) is 0.588. The van der Waals surface area contributed by atoms with Crippen molar-refractivity contribution in [3.63, 3.8) is 0 Å². The lowest BCUT2D eigenvalue weighted by molar-refractivity contribution is -0.117. The Balaban J connectivity index is 1.76. The average molecular weight is 290 g/mol. The maximum atomic E-state index is 12.0. The number of rotatable bonds is 6. The molecule has 0 radical (unpaired) electrons. The second-order valence-corrected chi connectivity index (χ2v) is 5.71. The first kappa shape index (κ1) is 16.0. The van der Waals surface area contributed by atoms with E-state index in [0.29, 0.717) is 12.5 Å². The van der Waals surface area contributed by atoms with E-state index in [-0.39, 0.29) is 12.0 Å². The normalized spacial score (nSPS) is 20.0. The third-order valence-electron chi connectivity index (χ3n) is 4.09. The average Bonchev–Trinajstić information content (AvgIpc) is 2.54. The fourth-order valence-electron chi connectivity index (χ4n) is 2.57. The molecule has 2 unspecified atom stereocenters. The molecule has 0 saturated carbocycles. The summed E-state index contributed by atoms with van der Waals surface area (Å²) in [6.07, 6.45) is 5.07. The molecule has 1 saturated heterocycles. The molecule has 1 amide bonds. The van der Waals surface area contributed by atoms with Crippen molar-refractivity contribution in [1.29, 1.82) is 0 Å². The minimum atomic E-state index is 0.0681. The summed E-state index contributed by atoms with van der Waals surface area (Å²) in [6.45, 7) is 2.95. The summed E-state index contributed by atoms with van der Waals surface area (Å²) in [5.74, 6) is 0.0681. The largest absolute Gasteiger partial charge is 0.378 e. The minimum absolute atomic E-state index is 0.0681. The molecular weight excluding hydrogens is 264 g/mol. The first-order valence-corrected chi connectivity index (χ1v) is 7.87. The van der Waals surface area contributed by atoms with Crippen LogP contribution in [0, 0.1) is 0 Å². The molecule has 4 nitrogen and oxygen atoms in total. The highest BCUT2D eigenvalue weighted by atomic mass is 16.5. The van der Waals surface area contributed by atoms with E-state index in [2.05, 4.69) is 17.6 Å². The highest BCUT2D eigenvalue weighted by molar-refractivity contribution is 5.90. The number of ether oxygens (including phenoxy) is 1. The first-order chi connectivity index (χ1) is 10.2. The molecular formula is C17H26N2O2. The number of anilines is 1. The first-order valence-electron chi connectivity index (χ1n) is 7.87. The van der Waals surface area contributed by atoms with Gasteiger partial charge < -0.3 is 15.4 Å². The van der Waals surface area contributed by atoms with E-state index in [0.717, 1.165) is 31.6 Å². The molecule has 2 N–H and O–H groups in total. The molecule has 1 aliphatic rings. The van der Waals surface area contributed by atoms with Crippen molar-refractivity contribution >= 4 is 11.6 Å². The topological polar surface area (TPSA) is 50.4 Å². The van der Waals surface area contributed by atoms with E-state index in [1.54, 1.807) is 0 Å². The van der Waals surface area contributed by atoms with E-state index in [9.17, 15) is 4.79 Å². The molecule has 21 heavy (non-hydrogen) atoms. The summed E-state index contributed by atoms with van der Waals surface area (Å²) >= 11 is 0. The van der Waals surface area contributed by atoms with Crippen LogP contribution in [-0.2, 0) is 9.53 Å². The van der Waals surface area contributed by atoms with Gasteiger partial charge >= 0.3 is 0 Å². The Hall–Kier alpha value is -1.39. The van der Waals surface area contributed by atoms with Crippen LogP contribution in [-0.4, -0.2) is 25.7 Å². The van der Waals surface area contributed by atoms with Gasteiger partial charge in [0.1, 0.15) is 0 Å². The number of hydrogen-bond donors (Lipinski definition) is 2. The van der Waals surface area contributed by atoms with E-state index in [1.807, 2.05) is 31.3 Å². The summed E-state index contributed by atoms with van der Waals surface area (Å²) in [4.78, 5) is 12.0. The van der Waals surface area contributed by atoms with Crippen LogP contribution >= 0.6 is 0 Å². The predicted octanol–water partition coefficient (Wildman–Crippen LogP) is 3.25. The van der Waals surface area contributed by atoms with Gasteiger partial charge in [0.2, 0.25) is 5.91 Å². The molecule has 1 aliphatic heterocycles. The number of benzene rings is 1. The summed E-state index contributed by atoms with van der Waals surface area (Å²) in [5.41, 5.74) is 2.07. The number of hydrogen-bond acceptors (Lipinski definition) is 3. The molecule has 1 heterocycles. The van der Waals surface area contributed by atoms with Gasteiger partial charge in [-0.2, -0.15) is 0 Å². The van der Waals surface area contributed by atoms with Crippen molar-refractivity contribution in [2.75, 3.05) is 19.0 Å². The van der Waals surface area contributed by atoms with Gasteiger partial charge in [-0.1, -0.05) is 12.1 Å². The Labute approximate surface area is 127 Å². The Kier molecular flexibility index (Phi) is 6.21. The van der Waals surface area contributed by atoms with Gasteiger partial charge in [-0.15, -0.1) is 0 Å². The molecule has 0 spiro atoms. The maximum absolute atomic E-state index is 12.0. The van der Waals surface area contributed by atoms with Crippen LogP contribution in [0.15, 0.2) is 24.3 Å². The lowest BCUT2D eigenvalue weighted by Gasteiger charge is -2.22. The van der Waals surface area contributed by atoms with Crippen molar-refractivity contribution < 1.29 is 9.53 Å². The third-order valence-corrected chi connectivity index (χ3v) is 4.09. The molecule has 1 fully saturated rings. The van der Waals surface area contributed by atoms with E-state index in [1.165, 1.54) is 12.0 Å². The van der Waals surface area contributed by atoms with Crippen molar-refractivity contribution in [3.05, 3.63) is 29.8 Å². The lowest BCUT2D eigenvalue weighted by atomic mass is 10.0. The molecule has 116 valence electrons. The molecule has 1 aromatic rings. The number of amides is 1. The molecule has 1 aromatic carbocycles. The Morgan fingerprint density at radius 3 is 2.71 bits per heavy atom. The standard InChI is InChI=1S/C17H26N2O2/c1-13(18-2)14-6-8-15(9-7-14)19-17(20)11-10-16-5-3-4-12-21-16/h6-9,13,16,18H,3-5,10-12H2,1-2H3,(H,19,20). The molecule has 4 heteroatoms. The van der Waals surface area contributed by atoms with Gasteiger partial charge in [-0.3, -0.25) is 4.79 Å². The molecule has 2 rings (SSSR count). The van der Waals surface area contributed by atoms with Gasteiger partial charge in [0, 0.05) is 24.8 Å². The smallest absolute Gasteiger partial charge is 0.224 e. The van der Waals surface area contributed by atoms with Crippen LogP contribution < -0.4 is 10.6 Å². The highest BCUT2D eigenvalue weighted by Gasteiger charge is 2.15. The van der Waals surface area contributed by atoms with Crippen LogP contribution in [0.3, 0.4) is 0 Å². The highest BCUT2D eigenvalue weighted by Crippen LogP contribution is 2.18. The van der Waals surface area contributed by atoms with Crippen LogP contribution in [0.1, 0.15) is 50.6 Å². The van der Waals surface area contributed by atoms with Crippen LogP contribution in [0.25, 0.3) is 0 Å². The SMILES string of the molecule is CNC(C)c1ccc(NC(=O)CCC2CCCCO2)cc1. The summed E-state index contributed by atoms with van der Waals surface area (Å²) < 4.78 is 5.65. The zero-order valence-electron chi connectivity index (χ0n) is 13.0. The van der Waals surface area contributed by atoms with E-state index >= 15 is 0 Å².